The molecule has 0 amide bonds. The van der Waals surface area contributed by atoms with Crippen molar-refractivity contribution in [3.8, 4) is 5.88 Å². The molecule has 1 aliphatic heterocycles. The number of hydrogen-bond donors (Lipinski definition) is 1. The average molecular weight is 317 g/mol. The van der Waals surface area contributed by atoms with Crippen LogP contribution in [0.2, 0.25) is 0 Å². The van der Waals surface area contributed by atoms with E-state index >= 15 is 0 Å². The zero-order chi connectivity index (χ0) is 16.2. The second-order valence-electron chi connectivity index (χ2n) is 5.79. The normalized spacial score (nSPS) is 17.6. The molecule has 1 aliphatic rings. The lowest BCUT2D eigenvalue weighted by Crippen LogP contribution is -2.27. The van der Waals surface area contributed by atoms with Crippen LogP contribution in [-0.4, -0.2) is 40.2 Å². The Morgan fingerprint density at radius 1 is 1.39 bits per heavy atom. The second kappa shape index (κ2) is 6.76. The molecule has 122 valence electrons. The molecule has 0 saturated carbocycles. The minimum absolute atomic E-state index is 0.0497. The Hall–Kier alpha value is -2.44. The number of nitrogens with one attached hydrogen (secondary N) is 1. The summed E-state index contributed by atoms with van der Waals surface area (Å²) in [6.07, 6.45) is 5.80. The van der Waals surface area contributed by atoms with Crippen LogP contribution in [0.3, 0.4) is 0 Å². The van der Waals surface area contributed by atoms with Crippen molar-refractivity contribution in [2.45, 2.75) is 32.4 Å². The van der Waals surface area contributed by atoms with Gasteiger partial charge in [0.15, 0.2) is 11.6 Å². The van der Waals surface area contributed by atoms with Gasteiger partial charge in [-0.2, -0.15) is 4.98 Å². The largest absolute Gasteiger partial charge is 0.474 e. The van der Waals surface area contributed by atoms with Crippen molar-refractivity contribution < 1.29 is 9.13 Å². The van der Waals surface area contributed by atoms with E-state index in [1.807, 2.05) is 18.7 Å². The number of halogens is 1. The smallest absolute Gasteiger partial charge is 0.234 e. The fourth-order valence-electron chi connectivity index (χ4n) is 2.61. The molecule has 0 bridgehead atoms. The third kappa shape index (κ3) is 3.85. The van der Waals surface area contributed by atoms with Gasteiger partial charge in [0.25, 0.3) is 0 Å². The SMILES string of the molecule is CC(C)Oc1cncc(NC2CCN(c3ncccc3F)C2)n1. The van der Waals surface area contributed by atoms with E-state index in [0.29, 0.717) is 24.1 Å². The van der Waals surface area contributed by atoms with Crippen molar-refractivity contribution in [1.29, 1.82) is 0 Å². The minimum Gasteiger partial charge on any atom is -0.474 e. The van der Waals surface area contributed by atoms with Crippen LogP contribution in [-0.2, 0) is 0 Å². The third-order valence-corrected chi connectivity index (χ3v) is 3.55. The monoisotopic (exact) mass is 317 g/mol. The summed E-state index contributed by atoms with van der Waals surface area (Å²) in [5.74, 6) is 1.27. The maximum absolute atomic E-state index is 13.8. The number of ether oxygens (including phenoxy) is 1. The molecule has 2 aromatic heterocycles. The molecule has 2 aromatic rings. The molecule has 7 heteroatoms. The first-order chi connectivity index (χ1) is 11.1. The highest BCUT2D eigenvalue weighted by Gasteiger charge is 2.25. The molecule has 0 aliphatic carbocycles. The number of rotatable bonds is 5. The lowest BCUT2D eigenvalue weighted by molar-refractivity contribution is 0.232. The molecule has 6 nitrogen and oxygen atoms in total. The number of nitrogens with zero attached hydrogens (tertiary/aromatic N) is 4. The van der Waals surface area contributed by atoms with Crippen LogP contribution in [0.5, 0.6) is 5.88 Å². The fourth-order valence-corrected chi connectivity index (χ4v) is 2.61. The Morgan fingerprint density at radius 2 is 2.26 bits per heavy atom. The first kappa shape index (κ1) is 15.5. The summed E-state index contributed by atoms with van der Waals surface area (Å²) in [5.41, 5.74) is 0. The average Bonchev–Trinajstić information content (AvgIpc) is 2.95. The highest BCUT2D eigenvalue weighted by Crippen LogP contribution is 2.22. The first-order valence-electron chi connectivity index (χ1n) is 7.72. The molecular formula is C16H20FN5O. The number of aromatic nitrogens is 3. The standard InChI is InChI=1S/C16H20FN5O/c1-11(2)23-15-9-18-8-14(21-15)20-12-5-7-22(10-12)16-13(17)4-3-6-19-16/h3-4,6,8-9,11-12H,5,7,10H2,1-2H3,(H,20,21). The van der Waals surface area contributed by atoms with Crippen LogP contribution in [0.25, 0.3) is 0 Å². The Labute approximate surface area is 134 Å². The van der Waals surface area contributed by atoms with Crippen molar-refractivity contribution >= 4 is 11.6 Å². The van der Waals surface area contributed by atoms with Gasteiger partial charge in [0, 0.05) is 25.3 Å². The fraction of sp³-hybridized carbons (Fsp3) is 0.438. The van der Waals surface area contributed by atoms with E-state index in [9.17, 15) is 4.39 Å². The number of hydrogen-bond acceptors (Lipinski definition) is 6. The quantitative estimate of drug-likeness (QED) is 0.914. The Balaban J connectivity index is 1.63. The number of anilines is 2. The van der Waals surface area contributed by atoms with Crippen LogP contribution in [0, 0.1) is 5.82 Å². The molecule has 0 spiro atoms. The van der Waals surface area contributed by atoms with Crippen LogP contribution in [0.1, 0.15) is 20.3 Å². The summed E-state index contributed by atoms with van der Waals surface area (Å²) in [6.45, 7) is 5.31. The van der Waals surface area contributed by atoms with Crippen molar-refractivity contribution in [1.82, 2.24) is 15.0 Å². The number of pyridine rings is 1. The van der Waals surface area contributed by atoms with Crippen LogP contribution < -0.4 is 15.0 Å². The van der Waals surface area contributed by atoms with Crippen molar-refractivity contribution in [3.63, 3.8) is 0 Å². The molecule has 0 radical (unpaired) electrons. The second-order valence-corrected chi connectivity index (χ2v) is 5.79. The van der Waals surface area contributed by atoms with E-state index in [0.717, 1.165) is 13.0 Å². The molecule has 23 heavy (non-hydrogen) atoms. The maximum atomic E-state index is 13.8. The Kier molecular flexibility index (Phi) is 4.55. The molecule has 3 heterocycles. The van der Waals surface area contributed by atoms with Gasteiger partial charge in [-0.3, -0.25) is 4.98 Å². The summed E-state index contributed by atoms with van der Waals surface area (Å²) in [7, 11) is 0. The highest BCUT2D eigenvalue weighted by molar-refractivity contribution is 5.43. The van der Waals surface area contributed by atoms with Gasteiger partial charge in [-0.1, -0.05) is 0 Å². The predicted octanol–water partition coefficient (Wildman–Crippen LogP) is 2.49. The van der Waals surface area contributed by atoms with Gasteiger partial charge in [-0.15, -0.1) is 0 Å². The summed E-state index contributed by atoms with van der Waals surface area (Å²) in [6, 6.07) is 3.20. The zero-order valence-electron chi connectivity index (χ0n) is 13.2. The Morgan fingerprint density at radius 3 is 3.04 bits per heavy atom. The molecule has 1 unspecified atom stereocenters. The molecule has 1 saturated heterocycles. The van der Waals surface area contributed by atoms with Crippen molar-refractivity contribution in [2.24, 2.45) is 0 Å². The van der Waals surface area contributed by atoms with Gasteiger partial charge in [-0.05, 0) is 32.4 Å². The van der Waals surface area contributed by atoms with E-state index in [-0.39, 0.29) is 18.0 Å². The van der Waals surface area contributed by atoms with E-state index in [1.54, 1.807) is 24.7 Å². The molecule has 0 aromatic carbocycles. The third-order valence-electron chi connectivity index (χ3n) is 3.55. The highest BCUT2D eigenvalue weighted by atomic mass is 19.1. The molecule has 1 fully saturated rings. The molecule has 1 atom stereocenters. The molecule has 1 N–H and O–H groups in total. The summed E-state index contributed by atoms with van der Waals surface area (Å²) < 4.78 is 19.3. The summed E-state index contributed by atoms with van der Waals surface area (Å²) in [4.78, 5) is 14.6. The van der Waals surface area contributed by atoms with E-state index in [2.05, 4.69) is 20.3 Å². The topological polar surface area (TPSA) is 63.2 Å². The van der Waals surface area contributed by atoms with E-state index < -0.39 is 0 Å². The molecule has 3 rings (SSSR count). The van der Waals surface area contributed by atoms with Gasteiger partial charge in [0.1, 0.15) is 5.82 Å². The van der Waals surface area contributed by atoms with Gasteiger partial charge >= 0.3 is 0 Å². The van der Waals surface area contributed by atoms with Gasteiger partial charge in [0.2, 0.25) is 5.88 Å². The lowest BCUT2D eigenvalue weighted by Gasteiger charge is -2.18. The van der Waals surface area contributed by atoms with E-state index in [1.165, 1.54) is 6.07 Å². The van der Waals surface area contributed by atoms with Gasteiger partial charge in [-0.25, -0.2) is 9.37 Å². The zero-order valence-corrected chi connectivity index (χ0v) is 13.2. The van der Waals surface area contributed by atoms with Crippen LogP contribution >= 0.6 is 0 Å². The Bertz CT molecular complexity index is 666. The first-order valence-corrected chi connectivity index (χ1v) is 7.72. The summed E-state index contributed by atoms with van der Waals surface area (Å²) in [5, 5.41) is 3.33. The van der Waals surface area contributed by atoms with Crippen molar-refractivity contribution in [2.75, 3.05) is 23.3 Å². The van der Waals surface area contributed by atoms with Crippen molar-refractivity contribution in [3.05, 3.63) is 36.5 Å². The maximum Gasteiger partial charge on any atom is 0.234 e. The van der Waals surface area contributed by atoms with E-state index in [4.69, 9.17) is 4.74 Å². The van der Waals surface area contributed by atoms with Crippen LogP contribution in [0.4, 0.5) is 16.0 Å². The summed E-state index contributed by atoms with van der Waals surface area (Å²) >= 11 is 0. The predicted molar refractivity (Wildman–Crippen MR) is 86.2 cm³/mol. The lowest BCUT2D eigenvalue weighted by atomic mass is 10.2. The minimum atomic E-state index is -0.291. The van der Waals surface area contributed by atoms with Gasteiger partial charge in [0.05, 0.1) is 18.5 Å². The van der Waals surface area contributed by atoms with Gasteiger partial charge < -0.3 is 15.0 Å². The van der Waals surface area contributed by atoms with Crippen LogP contribution in [0.15, 0.2) is 30.7 Å². The molecular weight excluding hydrogens is 297 g/mol.